The van der Waals surface area contributed by atoms with Gasteiger partial charge in [0.1, 0.15) is 10.5 Å². The Morgan fingerprint density at radius 2 is 1.90 bits per heavy atom. The van der Waals surface area contributed by atoms with E-state index in [1.165, 1.54) is 12.1 Å². The Balaban J connectivity index is 2.61. The smallest absolute Gasteiger partial charge is 0.358 e. The lowest BCUT2D eigenvalue weighted by molar-refractivity contribution is 0.0690. The van der Waals surface area contributed by atoms with E-state index in [4.69, 9.17) is 39.9 Å². The van der Waals surface area contributed by atoms with Crippen LogP contribution in [0.4, 0.5) is 0 Å². The molecule has 0 amide bonds. The first-order valence-corrected chi connectivity index (χ1v) is 6.36. The van der Waals surface area contributed by atoms with E-state index in [2.05, 4.69) is 10.1 Å². The number of H-pyrrole nitrogens is 1. The van der Waals surface area contributed by atoms with E-state index in [-0.39, 0.29) is 20.6 Å². The fourth-order valence-corrected chi connectivity index (χ4v) is 2.56. The molecule has 0 aliphatic heterocycles. The summed E-state index contributed by atoms with van der Waals surface area (Å²) in [6.07, 6.45) is 0. The minimum absolute atomic E-state index is 0.132. The fourth-order valence-electron chi connectivity index (χ4n) is 1.93. The van der Waals surface area contributed by atoms with Gasteiger partial charge in [-0.1, -0.05) is 34.8 Å². The van der Waals surface area contributed by atoms with Crippen LogP contribution < -0.4 is 5.69 Å². The van der Waals surface area contributed by atoms with Gasteiger partial charge in [-0.15, -0.1) is 0 Å². The third-order valence-corrected chi connectivity index (χ3v) is 3.86. The van der Waals surface area contributed by atoms with Crippen LogP contribution >= 0.6 is 34.8 Å². The van der Waals surface area contributed by atoms with Crippen LogP contribution in [0, 0.1) is 0 Å². The summed E-state index contributed by atoms with van der Waals surface area (Å²) in [7, 11) is 0. The predicted molar refractivity (Wildman–Crippen MR) is 75.3 cm³/mol. The van der Waals surface area contributed by atoms with Gasteiger partial charge in [0, 0.05) is 5.39 Å². The molecule has 0 fully saturated rings. The van der Waals surface area contributed by atoms with Crippen molar-refractivity contribution in [2.75, 3.05) is 0 Å². The van der Waals surface area contributed by atoms with E-state index >= 15 is 0 Å². The zero-order chi connectivity index (χ0) is 14.6. The number of carbonyl (C=O) groups is 1. The number of nitrogens with one attached hydrogen (secondary N) is 1. The Hall–Kier alpha value is -1.76. The number of fused-ring (bicyclic) bond motifs is 3. The molecular formula is C11H4Cl3N3O3. The monoisotopic (exact) mass is 331 g/mol. The Morgan fingerprint density at radius 3 is 2.55 bits per heavy atom. The summed E-state index contributed by atoms with van der Waals surface area (Å²) in [4.78, 5) is 25.5. The predicted octanol–water partition coefficient (Wildman–Crippen LogP) is 2.83. The molecule has 20 heavy (non-hydrogen) atoms. The number of hydrogen-bond donors (Lipinski definition) is 2. The highest BCUT2D eigenvalue weighted by molar-refractivity contribution is 6.43. The number of rotatable bonds is 1. The molecular weight excluding hydrogens is 328 g/mol. The number of aromatic nitrogens is 3. The van der Waals surface area contributed by atoms with Gasteiger partial charge in [0.05, 0.1) is 15.6 Å². The maximum Gasteiger partial charge on any atom is 0.358 e. The molecule has 6 nitrogen and oxygen atoms in total. The summed E-state index contributed by atoms with van der Waals surface area (Å²) >= 11 is 17.8. The van der Waals surface area contributed by atoms with E-state index in [9.17, 15) is 9.59 Å². The van der Waals surface area contributed by atoms with Gasteiger partial charge in [-0.25, -0.2) is 9.59 Å². The quantitative estimate of drug-likeness (QED) is 0.717. The first-order valence-electron chi connectivity index (χ1n) is 5.22. The van der Waals surface area contributed by atoms with Gasteiger partial charge < -0.3 is 10.1 Å². The van der Waals surface area contributed by atoms with Gasteiger partial charge in [0.15, 0.2) is 5.69 Å². The molecule has 0 spiro atoms. The number of benzene rings is 1. The number of halogens is 3. The van der Waals surface area contributed by atoms with Crippen molar-refractivity contribution in [3.05, 3.63) is 43.4 Å². The van der Waals surface area contributed by atoms with E-state index in [0.717, 1.165) is 4.52 Å². The first-order chi connectivity index (χ1) is 9.40. The van der Waals surface area contributed by atoms with Gasteiger partial charge in [-0.3, -0.25) is 0 Å². The summed E-state index contributed by atoms with van der Waals surface area (Å²) < 4.78 is 0.887. The van der Waals surface area contributed by atoms with Gasteiger partial charge in [-0.05, 0) is 12.1 Å². The maximum atomic E-state index is 11.9. The SMILES string of the molecule is O=C(O)c1nn2c(=O)[nH]c3cc(Cl)c(Cl)cc3c2c1Cl. The molecule has 0 aliphatic rings. The molecule has 0 saturated heterocycles. The molecule has 0 bridgehead atoms. The third-order valence-electron chi connectivity index (χ3n) is 2.78. The first kappa shape index (κ1) is 13.2. The van der Waals surface area contributed by atoms with Crippen molar-refractivity contribution in [1.82, 2.24) is 14.6 Å². The van der Waals surface area contributed by atoms with Gasteiger partial charge in [0.25, 0.3) is 0 Å². The van der Waals surface area contributed by atoms with Crippen LogP contribution in [-0.4, -0.2) is 25.7 Å². The van der Waals surface area contributed by atoms with Crippen molar-refractivity contribution in [3.63, 3.8) is 0 Å². The molecule has 0 unspecified atom stereocenters. The number of aromatic carboxylic acids is 1. The molecule has 2 aromatic heterocycles. The van der Waals surface area contributed by atoms with Crippen LogP contribution in [0.2, 0.25) is 15.1 Å². The zero-order valence-electron chi connectivity index (χ0n) is 9.45. The summed E-state index contributed by atoms with van der Waals surface area (Å²) in [6, 6.07) is 2.95. The second-order valence-corrected chi connectivity index (χ2v) is 5.16. The van der Waals surface area contributed by atoms with E-state index < -0.39 is 17.4 Å². The molecule has 3 aromatic rings. The topological polar surface area (TPSA) is 87.5 Å². The molecule has 0 aliphatic carbocycles. The van der Waals surface area contributed by atoms with Crippen LogP contribution in [0.3, 0.4) is 0 Å². The average molecular weight is 333 g/mol. The molecule has 0 radical (unpaired) electrons. The summed E-state index contributed by atoms with van der Waals surface area (Å²) in [5.74, 6) is -1.33. The Labute approximate surface area is 125 Å². The fraction of sp³-hybridized carbons (Fsp3) is 0. The van der Waals surface area contributed by atoms with Crippen molar-refractivity contribution in [2.24, 2.45) is 0 Å². The summed E-state index contributed by atoms with van der Waals surface area (Å²) in [6.45, 7) is 0. The maximum absolute atomic E-state index is 11.9. The van der Waals surface area contributed by atoms with Crippen molar-refractivity contribution >= 4 is 57.2 Å². The summed E-state index contributed by atoms with van der Waals surface area (Å²) in [5.41, 5.74) is -0.479. The van der Waals surface area contributed by atoms with Crippen molar-refractivity contribution in [3.8, 4) is 0 Å². The van der Waals surface area contributed by atoms with Crippen molar-refractivity contribution in [2.45, 2.75) is 0 Å². The third kappa shape index (κ3) is 1.76. The number of carboxylic acids is 1. The van der Waals surface area contributed by atoms with Gasteiger partial charge in [0.2, 0.25) is 0 Å². The molecule has 9 heteroatoms. The minimum atomic E-state index is -1.33. The molecule has 2 N–H and O–H groups in total. The van der Waals surface area contributed by atoms with E-state index in [1.807, 2.05) is 0 Å². The lowest BCUT2D eigenvalue weighted by atomic mass is 10.2. The second kappa shape index (κ2) is 4.37. The highest BCUT2D eigenvalue weighted by Crippen LogP contribution is 2.32. The Bertz CT molecular complexity index is 945. The molecule has 0 saturated carbocycles. The molecule has 0 atom stereocenters. The lowest BCUT2D eigenvalue weighted by Crippen LogP contribution is -2.17. The standard InChI is InChI=1S/C11H4Cl3N3O3/c12-4-1-3-6(2-5(4)13)15-11(20)17-9(3)7(14)8(16-17)10(18)19/h1-2H,(H,15,20)(H,18,19). The zero-order valence-corrected chi connectivity index (χ0v) is 11.7. The van der Waals surface area contributed by atoms with Gasteiger partial charge >= 0.3 is 11.7 Å². The highest BCUT2D eigenvalue weighted by Gasteiger charge is 2.21. The largest absolute Gasteiger partial charge is 0.476 e. The van der Waals surface area contributed by atoms with Crippen LogP contribution in [0.5, 0.6) is 0 Å². The average Bonchev–Trinajstić information content (AvgIpc) is 2.71. The van der Waals surface area contributed by atoms with Crippen molar-refractivity contribution in [1.29, 1.82) is 0 Å². The van der Waals surface area contributed by atoms with E-state index in [0.29, 0.717) is 10.9 Å². The number of aromatic amines is 1. The molecule has 102 valence electrons. The Kier molecular flexibility index (Phi) is 2.89. The van der Waals surface area contributed by atoms with Crippen molar-refractivity contribution < 1.29 is 9.90 Å². The number of hydrogen-bond acceptors (Lipinski definition) is 3. The second-order valence-electron chi connectivity index (χ2n) is 3.97. The van der Waals surface area contributed by atoms with Crippen LogP contribution in [0.25, 0.3) is 16.4 Å². The molecule has 3 rings (SSSR count). The minimum Gasteiger partial charge on any atom is -0.476 e. The molecule has 2 heterocycles. The van der Waals surface area contributed by atoms with E-state index in [1.54, 1.807) is 0 Å². The van der Waals surface area contributed by atoms with Crippen LogP contribution in [-0.2, 0) is 0 Å². The number of nitrogens with zero attached hydrogens (tertiary/aromatic N) is 2. The lowest BCUT2D eigenvalue weighted by Gasteiger charge is -2.03. The molecule has 1 aromatic carbocycles. The number of carboxylic acid groups (broad SMARTS) is 1. The summed E-state index contributed by atoms with van der Waals surface area (Å²) in [5, 5.41) is 13.5. The van der Waals surface area contributed by atoms with Gasteiger partial charge in [-0.2, -0.15) is 9.61 Å². The normalized spacial score (nSPS) is 11.3. The Morgan fingerprint density at radius 1 is 1.25 bits per heavy atom. The highest BCUT2D eigenvalue weighted by atomic mass is 35.5. The van der Waals surface area contributed by atoms with Crippen LogP contribution in [0.1, 0.15) is 10.5 Å². The van der Waals surface area contributed by atoms with Crippen LogP contribution in [0.15, 0.2) is 16.9 Å².